The molecule has 16 heavy (non-hydrogen) atoms. The number of ether oxygens (including phenoxy) is 1. The Bertz CT molecular complexity index is 374. The van der Waals surface area contributed by atoms with Gasteiger partial charge >= 0.3 is 11.9 Å². The monoisotopic (exact) mass is 251 g/mol. The summed E-state index contributed by atoms with van der Waals surface area (Å²) in [6.45, 7) is 2.41. The lowest BCUT2D eigenvalue weighted by atomic mass is 10.6. The molecule has 0 rings (SSSR count). The second kappa shape index (κ2) is 6.23. The highest BCUT2D eigenvalue weighted by molar-refractivity contribution is 7.89. The van der Waals surface area contributed by atoms with Crippen LogP contribution in [-0.4, -0.2) is 55.7 Å². The van der Waals surface area contributed by atoms with Gasteiger partial charge in [-0.3, -0.25) is 9.59 Å². The first kappa shape index (κ1) is 14.6. The minimum Gasteiger partial charge on any atom is -0.480 e. The lowest BCUT2D eigenvalue weighted by Crippen LogP contribution is -2.39. The molecule has 0 radical (unpaired) electrons. The molecule has 0 aromatic heterocycles. The van der Waals surface area contributed by atoms with Crippen molar-refractivity contribution in [3.05, 3.63) is 12.7 Å². The molecule has 0 fully saturated rings. The zero-order chi connectivity index (χ0) is 12.8. The third kappa shape index (κ3) is 4.89. The van der Waals surface area contributed by atoms with Gasteiger partial charge < -0.3 is 9.84 Å². The number of carbonyl (C=O) groups excluding carboxylic acids is 1. The predicted octanol–water partition coefficient (Wildman–Crippen LogP) is -0.938. The first-order valence-electron chi connectivity index (χ1n) is 4.20. The second-order valence-electron chi connectivity index (χ2n) is 2.81. The molecule has 0 unspecified atom stereocenters. The van der Waals surface area contributed by atoms with Gasteiger partial charge in [0.05, 0.1) is 7.11 Å². The Labute approximate surface area is 93.4 Å². The summed E-state index contributed by atoms with van der Waals surface area (Å²) in [6, 6.07) is 0. The summed E-state index contributed by atoms with van der Waals surface area (Å²) in [6.07, 6.45) is 1.23. The van der Waals surface area contributed by atoms with Crippen LogP contribution in [0.2, 0.25) is 0 Å². The molecule has 0 spiro atoms. The van der Waals surface area contributed by atoms with Crippen LogP contribution in [0, 0.1) is 0 Å². The van der Waals surface area contributed by atoms with Crippen molar-refractivity contribution in [1.29, 1.82) is 0 Å². The lowest BCUT2D eigenvalue weighted by molar-refractivity contribution is -0.138. The average Bonchev–Trinajstić information content (AvgIpc) is 2.15. The number of nitrogens with zero attached hydrogens (tertiary/aromatic N) is 1. The normalized spacial score (nSPS) is 11.1. The van der Waals surface area contributed by atoms with Crippen LogP contribution in [0.25, 0.3) is 0 Å². The van der Waals surface area contributed by atoms with Gasteiger partial charge in [0.1, 0.15) is 6.54 Å². The van der Waals surface area contributed by atoms with Crippen molar-refractivity contribution >= 4 is 22.0 Å². The molecule has 7 nitrogen and oxygen atoms in total. The van der Waals surface area contributed by atoms with E-state index < -0.39 is 34.3 Å². The van der Waals surface area contributed by atoms with Gasteiger partial charge in [-0.1, -0.05) is 6.08 Å². The van der Waals surface area contributed by atoms with E-state index in [-0.39, 0.29) is 6.54 Å². The molecule has 0 aliphatic rings. The smallest absolute Gasteiger partial charge is 0.322 e. The van der Waals surface area contributed by atoms with Crippen LogP contribution in [0.3, 0.4) is 0 Å². The van der Waals surface area contributed by atoms with E-state index in [1.807, 2.05) is 0 Å². The first-order valence-corrected chi connectivity index (χ1v) is 5.81. The van der Waals surface area contributed by atoms with Crippen molar-refractivity contribution in [3.8, 4) is 0 Å². The Morgan fingerprint density at radius 2 is 2.06 bits per heavy atom. The molecule has 0 amide bonds. The van der Waals surface area contributed by atoms with Crippen LogP contribution in [0.4, 0.5) is 0 Å². The van der Waals surface area contributed by atoms with E-state index >= 15 is 0 Å². The lowest BCUT2D eigenvalue weighted by Gasteiger charge is -2.17. The number of aliphatic carboxylic acids is 1. The van der Waals surface area contributed by atoms with E-state index in [1.54, 1.807) is 0 Å². The van der Waals surface area contributed by atoms with Crippen molar-refractivity contribution in [3.63, 3.8) is 0 Å². The topological polar surface area (TPSA) is 101 Å². The first-order chi connectivity index (χ1) is 7.33. The zero-order valence-electron chi connectivity index (χ0n) is 8.75. The maximum atomic E-state index is 11.5. The number of sulfonamides is 1. The van der Waals surface area contributed by atoms with Crippen LogP contribution in [-0.2, 0) is 24.3 Å². The molecule has 0 aliphatic carbocycles. The summed E-state index contributed by atoms with van der Waals surface area (Å²) in [5.74, 6) is -3.14. The van der Waals surface area contributed by atoms with Gasteiger partial charge in [-0.2, -0.15) is 4.31 Å². The van der Waals surface area contributed by atoms with Gasteiger partial charge in [-0.25, -0.2) is 8.42 Å². The molecular formula is C8H13NO6S. The molecule has 0 aromatic rings. The molecule has 0 saturated carbocycles. The number of rotatable bonds is 7. The Morgan fingerprint density at radius 1 is 1.50 bits per heavy atom. The fourth-order valence-corrected chi connectivity index (χ4v) is 2.11. The Kier molecular flexibility index (Phi) is 5.68. The standard InChI is InChI=1S/C8H13NO6S/c1-3-4-9(5-7(10)11)16(13,14)6-8(12)15-2/h3H,1,4-6H2,2H3,(H,10,11). The molecule has 92 valence electrons. The van der Waals surface area contributed by atoms with E-state index in [1.165, 1.54) is 6.08 Å². The Balaban J connectivity index is 4.81. The van der Waals surface area contributed by atoms with E-state index in [4.69, 9.17) is 5.11 Å². The molecule has 0 atom stereocenters. The number of hydrogen-bond acceptors (Lipinski definition) is 5. The van der Waals surface area contributed by atoms with Crippen molar-refractivity contribution in [1.82, 2.24) is 4.31 Å². The third-order valence-electron chi connectivity index (χ3n) is 1.57. The van der Waals surface area contributed by atoms with Crippen LogP contribution < -0.4 is 0 Å². The minimum absolute atomic E-state index is 0.175. The quantitative estimate of drug-likeness (QED) is 0.463. The van der Waals surface area contributed by atoms with Crippen molar-refractivity contribution in [2.24, 2.45) is 0 Å². The summed E-state index contributed by atoms with van der Waals surface area (Å²) in [7, 11) is -2.94. The molecule has 8 heteroatoms. The van der Waals surface area contributed by atoms with Crippen molar-refractivity contribution in [2.75, 3.05) is 26.0 Å². The minimum atomic E-state index is -3.98. The van der Waals surface area contributed by atoms with Crippen molar-refractivity contribution < 1.29 is 27.9 Å². The Morgan fingerprint density at radius 3 is 2.44 bits per heavy atom. The molecule has 0 heterocycles. The summed E-state index contributed by atoms with van der Waals surface area (Å²) < 4.78 is 27.9. The van der Waals surface area contributed by atoms with Gasteiger partial charge in [-0.15, -0.1) is 6.58 Å². The summed E-state index contributed by atoms with van der Waals surface area (Å²) >= 11 is 0. The van der Waals surface area contributed by atoms with E-state index in [2.05, 4.69) is 11.3 Å². The summed E-state index contributed by atoms with van der Waals surface area (Å²) in [4.78, 5) is 21.3. The van der Waals surface area contributed by atoms with Gasteiger partial charge in [-0.05, 0) is 0 Å². The molecule has 1 N–H and O–H groups in total. The fourth-order valence-electron chi connectivity index (χ4n) is 0.870. The molecule has 0 saturated heterocycles. The molecular weight excluding hydrogens is 238 g/mol. The van der Waals surface area contributed by atoms with Gasteiger partial charge in [0.25, 0.3) is 0 Å². The largest absolute Gasteiger partial charge is 0.480 e. The van der Waals surface area contributed by atoms with Gasteiger partial charge in [0, 0.05) is 6.54 Å². The molecule has 0 aliphatic heterocycles. The number of methoxy groups -OCH3 is 1. The zero-order valence-corrected chi connectivity index (χ0v) is 9.57. The summed E-state index contributed by atoms with van der Waals surface area (Å²) in [5, 5.41) is 8.51. The second-order valence-corrected chi connectivity index (χ2v) is 4.78. The highest BCUT2D eigenvalue weighted by Crippen LogP contribution is 2.02. The number of carboxylic acid groups (broad SMARTS) is 1. The number of carboxylic acids is 1. The number of esters is 1. The number of carbonyl (C=O) groups is 2. The molecule has 0 bridgehead atoms. The Hall–Kier alpha value is -1.41. The van der Waals surface area contributed by atoms with Crippen molar-refractivity contribution in [2.45, 2.75) is 0 Å². The van der Waals surface area contributed by atoms with Crippen LogP contribution in [0.5, 0.6) is 0 Å². The highest BCUT2D eigenvalue weighted by Gasteiger charge is 2.26. The van der Waals surface area contributed by atoms with E-state index in [0.29, 0.717) is 4.31 Å². The number of hydrogen-bond donors (Lipinski definition) is 1. The predicted molar refractivity (Wildman–Crippen MR) is 55.2 cm³/mol. The summed E-state index contributed by atoms with van der Waals surface area (Å²) in [5.41, 5.74) is 0. The molecule has 0 aromatic carbocycles. The SMILES string of the molecule is C=CCN(CC(=O)O)S(=O)(=O)CC(=O)OC. The maximum Gasteiger partial charge on any atom is 0.322 e. The van der Waals surface area contributed by atoms with E-state index in [9.17, 15) is 18.0 Å². The van der Waals surface area contributed by atoms with Crippen LogP contribution in [0.15, 0.2) is 12.7 Å². The highest BCUT2D eigenvalue weighted by atomic mass is 32.2. The van der Waals surface area contributed by atoms with E-state index in [0.717, 1.165) is 7.11 Å². The maximum absolute atomic E-state index is 11.5. The van der Waals surface area contributed by atoms with Crippen LogP contribution >= 0.6 is 0 Å². The average molecular weight is 251 g/mol. The van der Waals surface area contributed by atoms with Gasteiger partial charge in [0.2, 0.25) is 10.0 Å². The third-order valence-corrected chi connectivity index (χ3v) is 3.23. The van der Waals surface area contributed by atoms with Crippen LogP contribution in [0.1, 0.15) is 0 Å². The van der Waals surface area contributed by atoms with Gasteiger partial charge in [0.15, 0.2) is 5.75 Å². The fraction of sp³-hybridized carbons (Fsp3) is 0.500.